The molecule has 0 atom stereocenters. The first kappa shape index (κ1) is 8.88. The van der Waals surface area contributed by atoms with Crippen LogP contribution in [0.1, 0.15) is 0 Å². The maximum atomic E-state index is 4.78. The molecule has 5 heavy (non-hydrogen) atoms. The van der Waals surface area contributed by atoms with E-state index in [1.807, 2.05) is 0 Å². The van der Waals surface area contributed by atoms with E-state index in [-0.39, 0.29) is 16.5 Å². The van der Waals surface area contributed by atoms with Gasteiger partial charge in [0.2, 0.25) is 0 Å². The zero-order chi connectivity index (χ0) is 3.41. The molecule has 0 heterocycles. The molecule has 0 radical (unpaired) electrons. The molecule has 0 fully saturated rings. The number of hydrogen-bond acceptors (Lipinski definition) is 0. The first-order valence-electron chi connectivity index (χ1n) is 1.07. The van der Waals surface area contributed by atoms with Gasteiger partial charge in [0.05, 0.1) is 0 Å². The third-order valence-electron chi connectivity index (χ3n) is 0.136. The Morgan fingerprint density at radius 1 is 1.60 bits per heavy atom. The van der Waals surface area contributed by atoms with Crippen molar-refractivity contribution >= 4 is 0 Å². The van der Waals surface area contributed by atoms with E-state index in [2.05, 4.69) is 6.58 Å². The van der Waals surface area contributed by atoms with Crippen LogP contribution in [-0.4, -0.2) is 0 Å². The predicted molar refractivity (Wildman–Crippen MR) is 19.1 cm³/mol. The molecule has 0 aromatic rings. The Labute approximate surface area is 42.5 Å². The van der Waals surface area contributed by atoms with Gasteiger partial charge in [0.1, 0.15) is 0 Å². The standard InChI is InChI=1S/C4H5.Ni/c1-3-4-2;/h1,3-4H,2H2;/q-1;. The van der Waals surface area contributed by atoms with E-state index >= 15 is 0 Å². The van der Waals surface area contributed by atoms with Gasteiger partial charge in [0.15, 0.2) is 0 Å². The van der Waals surface area contributed by atoms with Crippen molar-refractivity contribution in [2.45, 2.75) is 0 Å². The minimum Gasteiger partial charge on any atom is -0.293 e. The van der Waals surface area contributed by atoms with Crippen LogP contribution in [0.5, 0.6) is 0 Å². The first-order valence-corrected chi connectivity index (χ1v) is 1.07. The van der Waals surface area contributed by atoms with Crippen LogP contribution in [-0.2, 0) is 16.5 Å². The normalized spacial score (nSPS) is 4.00. The van der Waals surface area contributed by atoms with E-state index < -0.39 is 0 Å². The number of hydrogen-bond donors (Lipinski definition) is 0. The SMILES string of the molecule is [CH-]=CC=C.[Ni]. The van der Waals surface area contributed by atoms with Crippen molar-refractivity contribution in [3.63, 3.8) is 0 Å². The van der Waals surface area contributed by atoms with Crippen LogP contribution in [0.25, 0.3) is 0 Å². The molecule has 0 unspecified atom stereocenters. The molecule has 0 aliphatic heterocycles. The summed E-state index contributed by atoms with van der Waals surface area (Å²) in [6.07, 6.45) is 2.92. The summed E-state index contributed by atoms with van der Waals surface area (Å²) in [5.74, 6) is 0. The van der Waals surface area contributed by atoms with Crippen molar-refractivity contribution in [3.05, 3.63) is 25.3 Å². The predicted octanol–water partition coefficient (Wildman–Crippen LogP) is 1.16. The Bertz CT molecular complexity index is 24.6. The molecule has 0 aliphatic carbocycles. The van der Waals surface area contributed by atoms with Crippen LogP contribution in [0.15, 0.2) is 18.7 Å². The summed E-state index contributed by atoms with van der Waals surface area (Å²) in [6, 6.07) is 0. The Morgan fingerprint density at radius 3 is 1.80 bits per heavy atom. The maximum absolute atomic E-state index is 4.78. The molecular weight excluding hydrogens is 107 g/mol. The summed E-state index contributed by atoms with van der Waals surface area (Å²) in [7, 11) is 0. The Balaban J connectivity index is 0. The van der Waals surface area contributed by atoms with E-state index in [9.17, 15) is 0 Å². The third-order valence-corrected chi connectivity index (χ3v) is 0.136. The summed E-state index contributed by atoms with van der Waals surface area (Å²) in [5.41, 5.74) is 0. The van der Waals surface area contributed by atoms with Gasteiger partial charge < -0.3 is 0 Å². The van der Waals surface area contributed by atoms with Crippen molar-refractivity contribution in [2.24, 2.45) is 0 Å². The van der Waals surface area contributed by atoms with Gasteiger partial charge in [-0.25, -0.2) is 12.2 Å². The van der Waals surface area contributed by atoms with Gasteiger partial charge in [-0.1, -0.05) is 0 Å². The molecule has 0 aromatic heterocycles. The number of allylic oxidation sites excluding steroid dienone is 2. The minimum absolute atomic E-state index is 0. The minimum atomic E-state index is 0. The van der Waals surface area contributed by atoms with Crippen LogP contribution in [0.3, 0.4) is 0 Å². The average Bonchev–Trinajstić information content (AvgIpc) is 1.37. The zero-order valence-corrected chi connectivity index (χ0v) is 3.74. The molecule has 0 aromatic carbocycles. The van der Waals surface area contributed by atoms with Gasteiger partial charge in [0.25, 0.3) is 0 Å². The zero-order valence-electron chi connectivity index (χ0n) is 2.76. The second-order valence-electron chi connectivity index (χ2n) is 0.428. The fraction of sp³-hybridized carbons (Fsp3) is 0. The molecule has 1 heteroatoms. The van der Waals surface area contributed by atoms with E-state index in [0.717, 1.165) is 0 Å². The second-order valence-corrected chi connectivity index (χ2v) is 0.428. The van der Waals surface area contributed by atoms with Crippen LogP contribution in [0.4, 0.5) is 0 Å². The van der Waals surface area contributed by atoms with Crippen molar-refractivity contribution in [1.29, 1.82) is 0 Å². The Morgan fingerprint density at radius 2 is 1.80 bits per heavy atom. The molecule has 0 aliphatic rings. The molecule has 0 bridgehead atoms. The molecule has 0 saturated heterocycles. The monoisotopic (exact) mass is 111 g/mol. The van der Waals surface area contributed by atoms with Crippen molar-refractivity contribution < 1.29 is 16.5 Å². The van der Waals surface area contributed by atoms with Gasteiger partial charge in [-0.3, -0.25) is 6.58 Å². The smallest absolute Gasteiger partial charge is 0 e. The molecule has 0 N–H and O–H groups in total. The van der Waals surface area contributed by atoms with Crippen molar-refractivity contribution in [2.75, 3.05) is 0 Å². The van der Waals surface area contributed by atoms with E-state index in [1.54, 1.807) is 0 Å². The molecule has 0 spiro atoms. The fourth-order valence-corrected chi connectivity index (χ4v) is 0. The van der Waals surface area contributed by atoms with Crippen molar-refractivity contribution in [3.8, 4) is 0 Å². The van der Waals surface area contributed by atoms with E-state index in [0.29, 0.717) is 0 Å². The van der Waals surface area contributed by atoms with Crippen LogP contribution < -0.4 is 0 Å². The fourth-order valence-electron chi connectivity index (χ4n) is 0. The molecule has 0 rings (SSSR count). The molecule has 0 saturated carbocycles. The largest absolute Gasteiger partial charge is 0.293 e. The summed E-state index contributed by atoms with van der Waals surface area (Å²) < 4.78 is 0. The van der Waals surface area contributed by atoms with E-state index in [4.69, 9.17) is 6.58 Å². The first-order chi connectivity index (χ1) is 1.91. The topological polar surface area (TPSA) is 0 Å². The van der Waals surface area contributed by atoms with Crippen molar-refractivity contribution in [1.82, 2.24) is 0 Å². The van der Waals surface area contributed by atoms with Gasteiger partial charge in [-0.15, -0.1) is 0 Å². The summed E-state index contributed by atoms with van der Waals surface area (Å²) in [4.78, 5) is 0. The third kappa shape index (κ3) is 16.3. The molecule has 0 nitrogen and oxygen atoms in total. The molecule has 32 valence electrons. The summed E-state index contributed by atoms with van der Waals surface area (Å²) in [5, 5.41) is 0. The second kappa shape index (κ2) is 9.02. The van der Waals surface area contributed by atoms with Gasteiger partial charge >= 0.3 is 0 Å². The van der Waals surface area contributed by atoms with E-state index in [1.165, 1.54) is 12.2 Å². The van der Waals surface area contributed by atoms with Crippen LogP contribution >= 0.6 is 0 Å². The summed E-state index contributed by atoms with van der Waals surface area (Å²) in [6.45, 7) is 8.08. The van der Waals surface area contributed by atoms with Gasteiger partial charge in [0, 0.05) is 16.5 Å². The maximum Gasteiger partial charge on any atom is 0 e. The number of rotatable bonds is 1. The van der Waals surface area contributed by atoms with Crippen LogP contribution in [0.2, 0.25) is 0 Å². The van der Waals surface area contributed by atoms with Crippen LogP contribution in [0, 0.1) is 6.58 Å². The quantitative estimate of drug-likeness (QED) is 0.271. The summed E-state index contributed by atoms with van der Waals surface area (Å²) >= 11 is 0. The average molecular weight is 112 g/mol. The van der Waals surface area contributed by atoms with Gasteiger partial charge in [-0.2, -0.15) is 6.58 Å². The molecular formula is C4H5Ni-. The Hall–Kier alpha value is -0.0265. The van der Waals surface area contributed by atoms with Gasteiger partial charge in [-0.05, 0) is 0 Å². The Kier molecular flexibility index (Phi) is 16.0. The molecule has 0 amide bonds.